The number of nitrogens with one attached hydrogen (secondary N) is 1. The van der Waals surface area contributed by atoms with Gasteiger partial charge in [0, 0.05) is 0 Å². The van der Waals surface area contributed by atoms with Crippen molar-refractivity contribution in [1.82, 2.24) is 5.32 Å². The van der Waals surface area contributed by atoms with Gasteiger partial charge in [-0.15, -0.1) is 0 Å². The summed E-state index contributed by atoms with van der Waals surface area (Å²) in [6.07, 6.45) is 0.753. The number of halogens is 3. The molecule has 0 aromatic heterocycles. The maximum absolute atomic E-state index is 13.6. The summed E-state index contributed by atoms with van der Waals surface area (Å²) in [6.45, 7) is 3.55. The van der Waals surface area contributed by atoms with Gasteiger partial charge >= 0.3 is 0 Å². The minimum Gasteiger partial charge on any atom is -0.316 e. The lowest BCUT2D eigenvalue weighted by atomic mass is 9.82. The highest BCUT2D eigenvalue weighted by molar-refractivity contribution is 5.25. The quantitative estimate of drug-likeness (QED) is 0.730. The molecular formula is C12H14F3N. The monoisotopic (exact) mass is 229 g/mol. The fraction of sp³-hybridized carbons (Fsp3) is 0.500. The van der Waals surface area contributed by atoms with Crippen LogP contribution in [0.2, 0.25) is 0 Å². The maximum atomic E-state index is 13.6. The van der Waals surface area contributed by atoms with Crippen molar-refractivity contribution in [2.24, 2.45) is 5.92 Å². The van der Waals surface area contributed by atoms with E-state index in [-0.39, 0.29) is 11.8 Å². The average Bonchev–Trinajstić information content (AvgIpc) is 2.28. The van der Waals surface area contributed by atoms with Crippen LogP contribution in [0.5, 0.6) is 0 Å². The Bertz CT molecular complexity index is 392. The molecule has 88 valence electrons. The van der Waals surface area contributed by atoms with Gasteiger partial charge < -0.3 is 5.32 Å². The summed E-state index contributed by atoms with van der Waals surface area (Å²) in [6, 6.07) is 2.36. The number of hydrogen-bond acceptors (Lipinski definition) is 1. The van der Waals surface area contributed by atoms with E-state index in [0.29, 0.717) is 5.56 Å². The molecule has 0 amide bonds. The average molecular weight is 229 g/mol. The second-order valence-electron chi connectivity index (χ2n) is 4.34. The SMILES string of the molecule is C[C@@H]1CNCC[C@@H]1c1ccc(F)c(F)c1F. The Morgan fingerprint density at radius 3 is 2.62 bits per heavy atom. The summed E-state index contributed by atoms with van der Waals surface area (Å²) in [5.74, 6) is -3.31. The van der Waals surface area contributed by atoms with Gasteiger partial charge in [-0.2, -0.15) is 0 Å². The second-order valence-corrected chi connectivity index (χ2v) is 4.34. The van der Waals surface area contributed by atoms with E-state index in [2.05, 4.69) is 5.32 Å². The molecule has 1 aliphatic rings. The third kappa shape index (κ3) is 1.94. The van der Waals surface area contributed by atoms with Crippen LogP contribution in [-0.2, 0) is 0 Å². The van der Waals surface area contributed by atoms with E-state index in [1.807, 2.05) is 6.92 Å². The summed E-state index contributed by atoms with van der Waals surface area (Å²) in [5, 5.41) is 3.19. The zero-order valence-corrected chi connectivity index (χ0v) is 9.06. The van der Waals surface area contributed by atoms with Crippen molar-refractivity contribution >= 4 is 0 Å². The fourth-order valence-corrected chi connectivity index (χ4v) is 2.30. The van der Waals surface area contributed by atoms with E-state index >= 15 is 0 Å². The van der Waals surface area contributed by atoms with E-state index in [1.54, 1.807) is 0 Å². The molecule has 0 aliphatic carbocycles. The molecule has 0 unspecified atom stereocenters. The minimum atomic E-state index is -1.36. The first-order valence-electron chi connectivity index (χ1n) is 5.45. The molecule has 2 rings (SSSR count). The van der Waals surface area contributed by atoms with Crippen LogP contribution in [0.1, 0.15) is 24.8 Å². The van der Waals surface area contributed by atoms with Crippen molar-refractivity contribution in [3.63, 3.8) is 0 Å². The van der Waals surface area contributed by atoms with Crippen LogP contribution in [0.4, 0.5) is 13.2 Å². The van der Waals surface area contributed by atoms with Gasteiger partial charge in [0.15, 0.2) is 17.5 Å². The molecule has 2 atom stereocenters. The second kappa shape index (κ2) is 4.45. The third-order valence-electron chi connectivity index (χ3n) is 3.25. The molecule has 0 radical (unpaired) electrons. The molecule has 16 heavy (non-hydrogen) atoms. The van der Waals surface area contributed by atoms with Gasteiger partial charge in [0.25, 0.3) is 0 Å². The van der Waals surface area contributed by atoms with E-state index in [4.69, 9.17) is 0 Å². The van der Waals surface area contributed by atoms with E-state index in [0.717, 1.165) is 25.6 Å². The van der Waals surface area contributed by atoms with Gasteiger partial charge in [-0.1, -0.05) is 13.0 Å². The third-order valence-corrected chi connectivity index (χ3v) is 3.25. The molecule has 1 aromatic carbocycles. The molecule has 1 saturated heterocycles. The number of hydrogen-bond donors (Lipinski definition) is 1. The first-order chi connectivity index (χ1) is 7.61. The predicted molar refractivity (Wildman–Crippen MR) is 55.7 cm³/mol. The zero-order chi connectivity index (χ0) is 11.7. The van der Waals surface area contributed by atoms with E-state index in [9.17, 15) is 13.2 Å². The molecule has 1 N–H and O–H groups in total. The Kier molecular flexibility index (Phi) is 3.19. The molecule has 1 heterocycles. The number of piperidine rings is 1. The predicted octanol–water partition coefficient (Wildman–Crippen LogP) is 2.82. The van der Waals surface area contributed by atoms with Crippen LogP contribution in [0.15, 0.2) is 12.1 Å². The first kappa shape index (κ1) is 11.5. The lowest BCUT2D eigenvalue weighted by molar-refractivity contribution is 0.334. The molecule has 1 fully saturated rings. The van der Waals surface area contributed by atoms with Gasteiger partial charge in [0.05, 0.1) is 0 Å². The molecule has 1 aromatic rings. The summed E-state index contributed by atoms with van der Waals surface area (Å²) in [4.78, 5) is 0. The van der Waals surface area contributed by atoms with Crippen molar-refractivity contribution in [1.29, 1.82) is 0 Å². The summed E-state index contributed by atoms with van der Waals surface area (Å²) >= 11 is 0. The van der Waals surface area contributed by atoms with Gasteiger partial charge in [0.1, 0.15) is 0 Å². The fourth-order valence-electron chi connectivity index (χ4n) is 2.30. The van der Waals surface area contributed by atoms with Crippen LogP contribution < -0.4 is 5.32 Å². The Balaban J connectivity index is 2.36. The first-order valence-corrected chi connectivity index (χ1v) is 5.45. The molecule has 0 spiro atoms. The van der Waals surface area contributed by atoms with Crippen molar-refractivity contribution in [3.8, 4) is 0 Å². The van der Waals surface area contributed by atoms with Gasteiger partial charge in [-0.3, -0.25) is 0 Å². The van der Waals surface area contributed by atoms with E-state index < -0.39 is 17.5 Å². The molecular weight excluding hydrogens is 215 g/mol. The highest BCUT2D eigenvalue weighted by Gasteiger charge is 2.27. The van der Waals surface area contributed by atoms with Crippen molar-refractivity contribution in [2.75, 3.05) is 13.1 Å². The molecule has 4 heteroatoms. The summed E-state index contributed by atoms with van der Waals surface area (Å²) in [5.41, 5.74) is 0.299. The molecule has 1 nitrogen and oxygen atoms in total. The lowest BCUT2D eigenvalue weighted by Gasteiger charge is -2.30. The van der Waals surface area contributed by atoms with Crippen molar-refractivity contribution in [2.45, 2.75) is 19.3 Å². The number of benzene rings is 1. The van der Waals surface area contributed by atoms with Crippen LogP contribution in [0.25, 0.3) is 0 Å². The zero-order valence-electron chi connectivity index (χ0n) is 9.06. The molecule has 0 saturated carbocycles. The maximum Gasteiger partial charge on any atom is 0.194 e. The summed E-state index contributed by atoms with van der Waals surface area (Å²) in [7, 11) is 0. The highest BCUT2D eigenvalue weighted by Crippen LogP contribution is 2.32. The van der Waals surface area contributed by atoms with Crippen LogP contribution in [0.3, 0.4) is 0 Å². The topological polar surface area (TPSA) is 12.0 Å². The molecule has 1 aliphatic heterocycles. The Hall–Kier alpha value is -1.03. The number of rotatable bonds is 1. The van der Waals surface area contributed by atoms with E-state index in [1.165, 1.54) is 6.07 Å². The minimum absolute atomic E-state index is 0.0312. The Labute approximate surface area is 92.7 Å². The van der Waals surface area contributed by atoms with Crippen LogP contribution in [-0.4, -0.2) is 13.1 Å². The van der Waals surface area contributed by atoms with Crippen LogP contribution in [0, 0.1) is 23.4 Å². The highest BCUT2D eigenvalue weighted by atomic mass is 19.2. The Morgan fingerprint density at radius 2 is 1.94 bits per heavy atom. The largest absolute Gasteiger partial charge is 0.316 e. The Morgan fingerprint density at radius 1 is 1.19 bits per heavy atom. The molecule has 0 bridgehead atoms. The van der Waals surface area contributed by atoms with Crippen molar-refractivity contribution < 1.29 is 13.2 Å². The smallest absolute Gasteiger partial charge is 0.194 e. The van der Waals surface area contributed by atoms with Gasteiger partial charge in [-0.05, 0) is 43.0 Å². The normalized spacial score (nSPS) is 25.8. The standard InChI is InChI=1S/C12H14F3N/c1-7-6-16-5-4-8(7)9-2-3-10(13)12(15)11(9)14/h2-3,7-8,16H,4-6H2,1H3/t7-,8+/m1/s1. The lowest BCUT2D eigenvalue weighted by Crippen LogP contribution is -2.34. The van der Waals surface area contributed by atoms with Gasteiger partial charge in [-0.25, -0.2) is 13.2 Å². The van der Waals surface area contributed by atoms with Crippen molar-refractivity contribution in [3.05, 3.63) is 35.1 Å². The van der Waals surface area contributed by atoms with Crippen LogP contribution >= 0.6 is 0 Å². The summed E-state index contributed by atoms with van der Waals surface area (Å²) < 4.78 is 39.5. The van der Waals surface area contributed by atoms with Gasteiger partial charge in [0.2, 0.25) is 0 Å².